The summed E-state index contributed by atoms with van der Waals surface area (Å²) in [6.45, 7) is 2.59. The van der Waals surface area contributed by atoms with Crippen LogP contribution in [0.25, 0.3) is 0 Å². The summed E-state index contributed by atoms with van der Waals surface area (Å²) in [5, 5.41) is 6.53. The van der Waals surface area contributed by atoms with Crippen LogP contribution in [0.3, 0.4) is 0 Å². The fourth-order valence-corrected chi connectivity index (χ4v) is 2.55. The number of hydrogen-bond donors (Lipinski definition) is 2. The first kappa shape index (κ1) is 18.8. The fourth-order valence-electron chi connectivity index (χ4n) is 2.42. The molecular formula is C20H18ClFN4O. The SMILES string of the molecule is Cc1cc(C(=O)NCc2ccc(Cl)cc2)nc(NCc2ccc(F)cc2)n1. The van der Waals surface area contributed by atoms with Gasteiger partial charge in [-0.15, -0.1) is 0 Å². The summed E-state index contributed by atoms with van der Waals surface area (Å²) < 4.78 is 13.0. The molecule has 0 aliphatic heterocycles. The highest BCUT2D eigenvalue weighted by Crippen LogP contribution is 2.11. The van der Waals surface area contributed by atoms with Gasteiger partial charge < -0.3 is 10.6 Å². The Kier molecular flexibility index (Phi) is 5.98. The molecule has 0 atom stereocenters. The Morgan fingerprint density at radius 3 is 2.33 bits per heavy atom. The van der Waals surface area contributed by atoms with Crippen LogP contribution in [0.5, 0.6) is 0 Å². The first-order valence-electron chi connectivity index (χ1n) is 8.36. The molecule has 1 heterocycles. The molecule has 2 aromatic carbocycles. The van der Waals surface area contributed by atoms with Crippen molar-refractivity contribution < 1.29 is 9.18 Å². The molecule has 0 aliphatic rings. The molecule has 5 nitrogen and oxygen atoms in total. The lowest BCUT2D eigenvalue weighted by Gasteiger charge is -2.09. The molecule has 0 bridgehead atoms. The number of carbonyl (C=O) groups is 1. The maximum atomic E-state index is 13.0. The van der Waals surface area contributed by atoms with Crippen LogP contribution in [0, 0.1) is 12.7 Å². The lowest BCUT2D eigenvalue weighted by atomic mass is 10.2. The van der Waals surface area contributed by atoms with Crippen LogP contribution in [0.4, 0.5) is 10.3 Å². The van der Waals surface area contributed by atoms with E-state index in [0.717, 1.165) is 11.1 Å². The Morgan fingerprint density at radius 1 is 1.00 bits per heavy atom. The minimum atomic E-state index is -0.291. The Bertz CT molecular complexity index is 930. The zero-order valence-electron chi connectivity index (χ0n) is 14.7. The van der Waals surface area contributed by atoms with E-state index < -0.39 is 0 Å². The fraction of sp³-hybridized carbons (Fsp3) is 0.150. The highest BCUT2D eigenvalue weighted by atomic mass is 35.5. The molecule has 3 rings (SSSR count). The average Bonchev–Trinajstić information content (AvgIpc) is 2.66. The van der Waals surface area contributed by atoms with E-state index in [1.54, 1.807) is 37.3 Å². The van der Waals surface area contributed by atoms with Crippen LogP contribution in [0.2, 0.25) is 5.02 Å². The molecule has 0 aliphatic carbocycles. The van der Waals surface area contributed by atoms with Crippen molar-refractivity contribution in [3.8, 4) is 0 Å². The van der Waals surface area contributed by atoms with E-state index >= 15 is 0 Å². The first-order chi connectivity index (χ1) is 13.0. The molecule has 1 amide bonds. The number of nitrogens with zero attached hydrogens (tertiary/aromatic N) is 2. The Morgan fingerprint density at radius 2 is 1.63 bits per heavy atom. The van der Waals surface area contributed by atoms with Crippen LogP contribution < -0.4 is 10.6 Å². The van der Waals surface area contributed by atoms with Crippen molar-refractivity contribution in [2.45, 2.75) is 20.0 Å². The highest BCUT2D eigenvalue weighted by Gasteiger charge is 2.10. The summed E-state index contributed by atoms with van der Waals surface area (Å²) in [5.74, 6) is -0.235. The van der Waals surface area contributed by atoms with Crippen LogP contribution >= 0.6 is 11.6 Å². The predicted molar refractivity (Wildman–Crippen MR) is 103 cm³/mol. The quantitative estimate of drug-likeness (QED) is 0.671. The zero-order valence-corrected chi connectivity index (χ0v) is 15.4. The Balaban J connectivity index is 1.63. The normalized spacial score (nSPS) is 10.5. The van der Waals surface area contributed by atoms with E-state index in [9.17, 15) is 9.18 Å². The molecule has 0 saturated carbocycles. The van der Waals surface area contributed by atoms with Crippen molar-refractivity contribution in [2.24, 2.45) is 0 Å². The van der Waals surface area contributed by atoms with Crippen LogP contribution in [-0.4, -0.2) is 15.9 Å². The van der Waals surface area contributed by atoms with E-state index in [2.05, 4.69) is 20.6 Å². The van der Waals surface area contributed by atoms with Gasteiger partial charge >= 0.3 is 0 Å². The van der Waals surface area contributed by atoms with E-state index in [1.165, 1.54) is 12.1 Å². The minimum absolute atomic E-state index is 0.276. The second-order valence-electron chi connectivity index (χ2n) is 6.01. The molecule has 0 saturated heterocycles. The highest BCUT2D eigenvalue weighted by molar-refractivity contribution is 6.30. The predicted octanol–water partition coefficient (Wildman–Crippen LogP) is 4.12. The number of rotatable bonds is 6. The molecule has 27 heavy (non-hydrogen) atoms. The summed E-state index contributed by atoms with van der Waals surface area (Å²) in [6, 6.07) is 15.0. The molecule has 0 unspecified atom stereocenters. The average molecular weight is 385 g/mol. The number of hydrogen-bond acceptors (Lipinski definition) is 4. The van der Waals surface area contributed by atoms with Gasteiger partial charge in [0.25, 0.3) is 5.91 Å². The standard InChI is InChI=1S/C20H18ClFN4O/c1-13-10-18(19(27)23-11-14-2-6-16(21)7-3-14)26-20(25-13)24-12-15-4-8-17(22)9-5-15/h2-10H,11-12H2,1H3,(H,23,27)(H,24,25,26). The van der Waals surface area contributed by atoms with Crippen molar-refractivity contribution in [2.75, 3.05) is 5.32 Å². The second-order valence-corrected chi connectivity index (χ2v) is 6.44. The van der Waals surface area contributed by atoms with Crippen LogP contribution in [0.15, 0.2) is 54.6 Å². The first-order valence-corrected chi connectivity index (χ1v) is 8.74. The number of carbonyl (C=O) groups excluding carboxylic acids is 1. The van der Waals surface area contributed by atoms with Crippen LogP contribution in [0.1, 0.15) is 27.3 Å². The molecule has 0 fully saturated rings. The van der Waals surface area contributed by atoms with Gasteiger partial charge in [0.2, 0.25) is 5.95 Å². The molecule has 3 aromatic rings. The van der Waals surface area contributed by atoms with Gasteiger partial charge in [0.05, 0.1) is 0 Å². The third-order valence-corrected chi connectivity index (χ3v) is 4.07. The number of aryl methyl sites for hydroxylation is 1. The summed E-state index contributed by atoms with van der Waals surface area (Å²) in [6.07, 6.45) is 0. The minimum Gasteiger partial charge on any atom is -0.350 e. The lowest BCUT2D eigenvalue weighted by Crippen LogP contribution is -2.24. The Labute approximate surface area is 161 Å². The van der Waals surface area contributed by atoms with Gasteiger partial charge in [-0.05, 0) is 48.4 Å². The largest absolute Gasteiger partial charge is 0.350 e. The molecule has 7 heteroatoms. The number of aromatic nitrogens is 2. The van der Waals surface area contributed by atoms with Gasteiger partial charge in [0.15, 0.2) is 0 Å². The summed E-state index contributed by atoms with van der Waals surface area (Å²) in [5.41, 5.74) is 2.77. The third-order valence-electron chi connectivity index (χ3n) is 3.82. The number of amides is 1. The lowest BCUT2D eigenvalue weighted by molar-refractivity contribution is 0.0945. The third kappa shape index (κ3) is 5.49. The molecule has 138 valence electrons. The molecule has 0 radical (unpaired) electrons. The number of anilines is 1. The van der Waals surface area contributed by atoms with Crippen molar-refractivity contribution in [3.63, 3.8) is 0 Å². The van der Waals surface area contributed by atoms with Gasteiger partial charge in [-0.3, -0.25) is 4.79 Å². The number of benzene rings is 2. The van der Waals surface area contributed by atoms with E-state index in [4.69, 9.17) is 11.6 Å². The van der Waals surface area contributed by atoms with Gasteiger partial charge in [-0.1, -0.05) is 35.9 Å². The van der Waals surface area contributed by atoms with Crippen molar-refractivity contribution in [1.29, 1.82) is 0 Å². The monoisotopic (exact) mass is 384 g/mol. The second kappa shape index (κ2) is 8.60. The maximum absolute atomic E-state index is 13.0. The molecular weight excluding hydrogens is 367 g/mol. The van der Waals surface area contributed by atoms with E-state index in [0.29, 0.717) is 29.8 Å². The molecule has 2 N–H and O–H groups in total. The number of nitrogens with one attached hydrogen (secondary N) is 2. The molecule has 0 spiro atoms. The Hall–Kier alpha value is -2.99. The van der Waals surface area contributed by atoms with E-state index in [-0.39, 0.29) is 17.4 Å². The topological polar surface area (TPSA) is 66.9 Å². The summed E-state index contributed by atoms with van der Waals surface area (Å²) in [7, 11) is 0. The van der Waals surface area contributed by atoms with Crippen LogP contribution in [-0.2, 0) is 13.1 Å². The van der Waals surface area contributed by atoms with Gasteiger partial charge in [-0.2, -0.15) is 0 Å². The van der Waals surface area contributed by atoms with Crippen molar-refractivity contribution in [3.05, 3.63) is 88.0 Å². The zero-order chi connectivity index (χ0) is 19.2. The van der Waals surface area contributed by atoms with Gasteiger partial charge in [-0.25, -0.2) is 14.4 Å². The van der Waals surface area contributed by atoms with Gasteiger partial charge in [0, 0.05) is 23.8 Å². The summed E-state index contributed by atoms with van der Waals surface area (Å²) in [4.78, 5) is 21.0. The van der Waals surface area contributed by atoms with Crippen molar-refractivity contribution in [1.82, 2.24) is 15.3 Å². The smallest absolute Gasteiger partial charge is 0.270 e. The van der Waals surface area contributed by atoms with E-state index in [1.807, 2.05) is 12.1 Å². The molecule has 1 aromatic heterocycles. The maximum Gasteiger partial charge on any atom is 0.270 e. The number of halogens is 2. The van der Waals surface area contributed by atoms with Gasteiger partial charge in [0.1, 0.15) is 11.5 Å². The van der Waals surface area contributed by atoms with Crippen molar-refractivity contribution >= 4 is 23.5 Å². The summed E-state index contributed by atoms with van der Waals surface area (Å²) >= 11 is 5.86.